The van der Waals surface area contributed by atoms with Gasteiger partial charge in [0.15, 0.2) is 5.15 Å². The van der Waals surface area contributed by atoms with Crippen LogP contribution in [0.4, 0.5) is 14.5 Å². The zero-order valence-corrected chi connectivity index (χ0v) is 25.9. The Morgan fingerprint density at radius 3 is 2.57 bits per heavy atom. The summed E-state index contributed by atoms with van der Waals surface area (Å²) >= 11 is 12.3. The highest BCUT2D eigenvalue weighted by Gasteiger charge is 2.23. The number of hydrogen-bond donors (Lipinski definition) is 1. The van der Waals surface area contributed by atoms with Gasteiger partial charge < -0.3 is 10.1 Å². The number of alkyl halides is 2. The van der Waals surface area contributed by atoms with Crippen LogP contribution in [0.25, 0.3) is 28.1 Å². The number of anilines is 1. The van der Waals surface area contributed by atoms with E-state index in [1.165, 1.54) is 35.4 Å². The van der Waals surface area contributed by atoms with Crippen molar-refractivity contribution in [1.29, 1.82) is 0 Å². The maximum atomic E-state index is 13.8. The Hall–Kier alpha value is -4.68. The van der Waals surface area contributed by atoms with Crippen LogP contribution in [0.15, 0.2) is 78.1 Å². The van der Waals surface area contributed by atoms with Gasteiger partial charge in [0, 0.05) is 40.4 Å². The summed E-state index contributed by atoms with van der Waals surface area (Å²) < 4.78 is 33.6. The molecule has 0 aliphatic carbocycles. The third kappa shape index (κ3) is 6.77. The van der Waals surface area contributed by atoms with Crippen molar-refractivity contribution in [1.82, 2.24) is 29.5 Å². The highest BCUT2D eigenvalue weighted by atomic mass is 35.5. The van der Waals surface area contributed by atoms with E-state index in [2.05, 4.69) is 30.3 Å². The van der Waals surface area contributed by atoms with Gasteiger partial charge in [-0.2, -0.15) is 8.78 Å². The fourth-order valence-electron chi connectivity index (χ4n) is 5.52. The van der Waals surface area contributed by atoms with E-state index >= 15 is 0 Å². The molecule has 46 heavy (non-hydrogen) atoms. The van der Waals surface area contributed by atoms with E-state index < -0.39 is 12.7 Å². The number of aromatic nitrogens is 6. The number of amides is 1. The molecule has 2 atom stereocenters. The first-order valence-corrected chi connectivity index (χ1v) is 15.2. The smallest absolute Gasteiger partial charge is 0.387 e. The number of nitrogens with zero attached hydrogens (tertiary/aromatic N) is 6. The average Bonchev–Trinajstić information content (AvgIpc) is 3.46. The monoisotopic (exact) mass is 665 g/mol. The number of fused-ring (bicyclic) bond motifs is 4. The van der Waals surface area contributed by atoms with Crippen molar-refractivity contribution in [2.24, 2.45) is 5.92 Å². The summed E-state index contributed by atoms with van der Waals surface area (Å²) in [4.78, 5) is 36.1. The lowest BCUT2D eigenvalue weighted by atomic mass is 9.98. The first-order valence-electron chi connectivity index (χ1n) is 14.5. The molecule has 5 aromatic rings. The standard InChI is InChI=1S/C32H27Cl2F2N7O3/c1-18-4-2-3-5-28(26-12-19(10-11-37-26)22-8-7-21(46-32(35)36)14-25(22)39-31(18)45)42-17-38-24(15-30(42)44)23-13-20(33)6-9-27(23)43-16-29(34)40-41-43/h6-18,28,32H,2-5H2,1H3,(H,39,45)/t18-,28+/m1/s1. The second-order valence-electron chi connectivity index (χ2n) is 10.9. The molecule has 0 saturated heterocycles. The molecular weight excluding hydrogens is 639 g/mol. The maximum absolute atomic E-state index is 13.8. The van der Waals surface area contributed by atoms with Gasteiger partial charge in [-0.05, 0) is 60.9 Å². The number of carbonyl (C=O) groups excluding carboxylic acids is 1. The Morgan fingerprint density at radius 2 is 1.80 bits per heavy atom. The second-order valence-corrected chi connectivity index (χ2v) is 11.7. The molecule has 2 bridgehead atoms. The van der Waals surface area contributed by atoms with Crippen LogP contribution in [-0.4, -0.2) is 42.0 Å². The Bertz CT molecular complexity index is 1970. The Balaban J connectivity index is 1.41. The third-order valence-electron chi connectivity index (χ3n) is 7.84. The largest absolute Gasteiger partial charge is 0.435 e. The fraction of sp³-hybridized carbons (Fsp3) is 0.250. The average molecular weight is 667 g/mol. The molecule has 0 saturated carbocycles. The van der Waals surface area contributed by atoms with Crippen LogP contribution in [-0.2, 0) is 4.79 Å². The van der Waals surface area contributed by atoms with Gasteiger partial charge in [0.2, 0.25) is 5.91 Å². The van der Waals surface area contributed by atoms with Gasteiger partial charge in [-0.3, -0.25) is 19.1 Å². The van der Waals surface area contributed by atoms with Crippen molar-refractivity contribution < 1.29 is 18.3 Å². The zero-order valence-electron chi connectivity index (χ0n) is 24.4. The lowest BCUT2D eigenvalue weighted by Gasteiger charge is -2.20. The molecule has 1 amide bonds. The SMILES string of the molecule is C[C@@H]1CCCC[C@H](n2cnc(-c3cc(Cl)ccc3-n3cc(Cl)nn3)cc2=O)c2cc(ccn2)-c2ccc(OC(F)F)cc2NC1=O. The van der Waals surface area contributed by atoms with Crippen molar-refractivity contribution in [3.05, 3.63) is 99.5 Å². The van der Waals surface area contributed by atoms with Gasteiger partial charge in [0.05, 0.1) is 41.3 Å². The first-order chi connectivity index (χ1) is 22.2. The van der Waals surface area contributed by atoms with E-state index in [1.807, 2.05) is 13.0 Å². The number of nitrogens with one attached hydrogen (secondary N) is 1. The Labute approximate surface area is 272 Å². The minimum absolute atomic E-state index is 0.0781. The van der Waals surface area contributed by atoms with Crippen molar-refractivity contribution in [3.63, 3.8) is 0 Å². The summed E-state index contributed by atoms with van der Waals surface area (Å²) in [6.45, 7) is -1.20. The normalized spacial score (nSPS) is 17.0. The molecule has 0 fully saturated rings. The van der Waals surface area contributed by atoms with Crippen molar-refractivity contribution in [3.8, 4) is 33.8 Å². The summed E-state index contributed by atoms with van der Waals surface area (Å²) in [5.41, 5.74) is 3.41. The quantitative estimate of drug-likeness (QED) is 0.211. The fourth-order valence-corrected chi connectivity index (χ4v) is 5.82. The van der Waals surface area contributed by atoms with E-state index in [1.54, 1.807) is 41.1 Å². The first kappa shape index (κ1) is 31.3. The molecule has 236 valence electrons. The highest BCUT2D eigenvalue weighted by molar-refractivity contribution is 6.31. The Kier molecular flexibility index (Phi) is 9.09. The van der Waals surface area contributed by atoms with E-state index in [4.69, 9.17) is 23.2 Å². The summed E-state index contributed by atoms with van der Waals surface area (Å²) in [6.07, 6.45) is 7.19. The Morgan fingerprint density at radius 1 is 0.978 bits per heavy atom. The molecule has 0 radical (unpaired) electrons. The molecule has 2 aromatic carbocycles. The van der Waals surface area contributed by atoms with Gasteiger partial charge in [-0.15, -0.1) is 5.10 Å². The zero-order chi connectivity index (χ0) is 32.4. The summed E-state index contributed by atoms with van der Waals surface area (Å²) in [7, 11) is 0. The van der Waals surface area contributed by atoms with Crippen molar-refractivity contribution >= 4 is 34.8 Å². The number of rotatable bonds is 5. The summed E-state index contributed by atoms with van der Waals surface area (Å²) in [5, 5.41) is 11.4. The van der Waals surface area contributed by atoms with E-state index in [0.717, 1.165) is 0 Å². The van der Waals surface area contributed by atoms with Crippen LogP contribution in [0.1, 0.15) is 44.3 Å². The molecule has 0 spiro atoms. The molecule has 1 aliphatic heterocycles. The number of pyridine rings is 1. The molecule has 4 heterocycles. The van der Waals surface area contributed by atoms with Crippen LogP contribution in [0.2, 0.25) is 10.2 Å². The van der Waals surface area contributed by atoms with Crippen LogP contribution >= 0.6 is 23.2 Å². The lowest BCUT2D eigenvalue weighted by Crippen LogP contribution is -2.26. The topological polar surface area (TPSA) is 117 Å². The van der Waals surface area contributed by atoms with Gasteiger partial charge in [-0.25, -0.2) is 9.67 Å². The van der Waals surface area contributed by atoms with Gasteiger partial charge in [-0.1, -0.05) is 48.2 Å². The molecule has 14 heteroatoms. The molecular formula is C32H27Cl2F2N7O3. The molecule has 1 aliphatic rings. The van der Waals surface area contributed by atoms with Crippen LogP contribution in [0.5, 0.6) is 5.75 Å². The van der Waals surface area contributed by atoms with E-state index in [0.29, 0.717) is 70.2 Å². The minimum atomic E-state index is -3.01. The van der Waals surface area contributed by atoms with Crippen LogP contribution < -0.4 is 15.6 Å². The van der Waals surface area contributed by atoms with Gasteiger partial charge >= 0.3 is 6.61 Å². The van der Waals surface area contributed by atoms with E-state index in [-0.39, 0.29) is 28.3 Å². The maximum Gasteiger partial charge on any atom is 0.387 e. The summed E-state index contributed by atoms with van der Waals surface area (Å²) in [5.74, 6) is -0.654. The predicted molar refractivity (Wildman–Crippen MR) is 170 cm³/mol. The second kappa shape index (κ2) is 13.4. The number of hydrogen-bond acceptors (Lipinski definition) is 7. The third-order valence-corrected chi connectivity index (χ3v) is 8.25. The number of carbonyl (C=O) groups is 1. The van der Waals surface area contributed by atoms with Gasteiger partial charge in [0.25, 0.3) is 5.56 Å². The lowest BCUT2D eigenvalue weighted by molar-refractivity contribution is -0.119. The van der Waals surface area contributed by atoms with Crippen molar-refractivity contribution in [2.45, 2.75) is 45.3 Å². The van der Waals surface area contributed by atoms with Crippen LogP contribution in [0.3, 0.4) is 0 Å². The molecule has 3 aromatic heterocycles. The minimum Gasteiger partial charge on any atom is -0.435 e. The predicted octanol–water partition coefficient (Wildman–Crippen LogP) is 7.20. The molecule has 6 rings (SSSR count). The van der Waals surface area contributed by atoms with Crippen LogP contribution in [0, 0.1) is 5.92 Å². The molecule has 10 nitrogen and oxygen atoms in total. The highest BCUT2D eigenvalue weighted by Crippen LogP contribution is 2.35. The number of benzene rings is 2. The number of halogens is 4. The molecule has 0 unspecified atom stereocenters. The number of ether oxygens (including phenoxy) is 1. The van der Waals surface area contributed by atoms with Crippen molar-refractivity contribution in [2.75, 3.05) is 5.32 Å². The molecule has 1 N–H and O–H groups in total. The van der Waals surface area contributed by atoms with Gasteiger partial charge in [0.1, 0.15) is 5.75 Å². The van der Waals surface area contributed by atoms with E-state index in [9.17, 15) is 18.4 Å². The summed E-state index contributed by atoms with van der Waals surface area (Å²) in [6, 6.07) is 14.1.